The number of anilines is 1. The Kier molecular flexibility index (Phi) is 5.08. The number of carbonyl (C=O) groups is 1. The van der Waals surface area contributed by atoms with Crippen molar-refractivity contribution in [2.24, 2.45) is 11.7 Å². The largest absolute Gasteiger partial charge is 0.322 e. The molecule has 1 rings (SSSR count). The minimum atomic E-state index is -0.622. The molecular weight excluding hydrogens is 287 g/mol. The number of hydrogen-bond donors (Lipinski definition) is 2. The van der Waals surface area contributed by atoms with Gasteiger partial charge in [-0.1, -0.05) is 36.2 Å². The molecule has 0 spiro atoms. The zero-order valence-corrected chi connectivity index (χ0v) is 11.4. The molecule has 1 aromatic carbocycles. The Morgan fingerprint density at radius 2 is 2.24 bits per heavy atom. The van der Waals surface area contributed by atoms with Crippen LogP contribution in [-0.2, 0) is 4.79 Å². The molecule has 94 valence electrons. The van der Waals surface area contributed by atoms with E-state index in [9.17, 15) is 9.18 Å². The molecule has 0 aliphatic heterocycles. The van der Waals surface area contributed by atoms with E-state index in [1.54, 1.807) is 6.07 Å². The van der Waals surface area contributed by atoms with Gasteiger partial charge in [-0.2, -0.15) is 0 Å². The molecule has 3 N–H and O–H groups in total. The van der Waals surface area contributed by atoms with Crippen molar-refractivity contribution >= 4 is 27.5 Å². The van der Waals surface area contributed by atoms with Crippen LogP contribution in [0, 0.1) is 11.7 Å². The molecule has 0 aliphatic rings. The minimum Gasteiger partial charge on any atom is -0.322 e. The molecule has 5 heteroatoms. The summed E-state index contributed by atoms with van der Waals surface area (Å²) in [6.07, 6.45) is 0.803. The first-order valence-corrected chi connectivity index (χ1v) is 6.26. The molecule has 0 radical (unpaired) electrons. The van der Waals surface area contributed by atoms with E-state index in [1.807, 2.05) is 13.8 Å². The molecule has 1 aromatic rings. The van der Waals surface area contributed by atoms with Gasteiger partial charge in [-0.15, -0.1) is 0 Å². The molecule has 1 amide bonds. The Morgan fingerprint density at radius 1 is 1.59 bits per heavy atom. The van der Waals surface area contributed by atoms with E-state index in [0.29, 0.717) is 4.47 Å². The van der Waals surface area contributed by atoms with Gasteiger partial charge in [0, 0.05) is 4.47 Å². The van der Waals surface area contributed by atoms with Crippen LogP contribution >= 0.6 is 15.9 Å². The van der Waals surface area contributed by atoms with Crippen molar-refractivity contribution in [1.29, 1.82) is 0 Å². The normalized spacial score (nSPS) is 14.2. The maximum absolute atomic E-state index is 13.5. The van der Waals surface area contributed by atoms with Gasteiger partial charge in [-0.25, -0.2) is 4.39 Å². The first kappa shape index (κ1) is 14.1. The van der Waals surface area contributed by atoms with Crippen LogP contribution in [0.1, 0.15) is 20.3 Å². The van der Waals surface area contributed by atoms with Crippen molar-refractivity contribution in [3.63, 3.8) is 0 Å². The summed E-state index contributed by atoms with van der Waals surface area (Å²) in [6, 6.07) is 3.83. The van der Waals surface area contributed by atoms with Gasteiger partial charge in [0.1, 0.15) is 5.82 Å². The first-order valence-electron chi connectivity index (χ1n) is 5.47. The van der Waals surface area contributed by atoms with Crippen LogP contribution in [0.5, 0.6) is 0 Å². The lowest BCUT2D eigenvalue weighted by molar-refractivity contribution is -0.118. The molecule has 0 heterocycles. The molecule has 0 aliphatic carbocycles. The summed E-state index contributed by atoms with van der Waals surface area (Å²) in [5, 5.41) is 2.49. The highest BCUT2D eigenvalue weighted by atomic mass is 79.9. The topological polar surface area (TPSA) is 55.1 Å². The monoisotopic (exact) mass is 302 g/mol. The van der Waals surface area contributed by atoms with Gasteiger partial charge in [-0.3, -0.25) is 4.79 Å². The first-order chi connectivity index (χ1) is 7.95. The van der Waals surface area contributed by atoms with E-state index in [0.717, 1.165) is 6.42 Å². The summed E-state index contributed by atoms with van der Waals surface area (Å²) in [5.74, 6) is -0.779. The molecule has 0 saturated carbocycles. The van der Waals surface area contributed by atoms with Crippen molar-refractivity contribution in [3.8, 4) is 0 Å². The third-order valence-corrected chi connectivity index (χ3v) is 3.24. The predicted molar refractivity (Wildman–Crippen MR) is 70.2 cm³/mol. The highest BCUT2D eigenvalue weighted by molar-refractivity contribution is 9.10. The molecule has 17 heavy (non-hydrogen) atoms. The second-order valence-electron chi connectivity index (χ2n) is 4.02. The number of carbonyl (C=O) groups excluding carboxylic acids is 1. The second-order valence-corrected chi connectivity index (χ2v) is 4.94. The molecule has 0 aromatic heterocycles. The van der Waals surface area contributed by atoms with Crippen LogP contribution in [0.4, 0.5) is 10.1 Å². The molecule has 0 fully saturated rings. The Hall–Kier alpha value is -0.940. The smallest absolute Gasteiger partial charge is 0.241 e. The van der Waals surface area contributed by atoms with E-state index in [4.69, 9.17) is 5.73 Å². The van der Waals surface area contributed by atoms with Crippen molar-refractivity contribution in [3.05, 3.63) is 28.5 Å². The number of amides is 1. The molecule has 0 saturated heterocycles. The maximum Gasteiger partial charge on any atom is 0.241 e. The Balaban J connectivity index is 2.74. The summed E-state index contributed by atoms with van der Waals surface area (Å²) in [5.41, 5.74) is 5.91. The van der Waals surface area contributed by atoms with Gasteiger partial charge in [-0.05, 0) is 24.1 Å². The fourth-order valence-corrected chi connectivity index (χ4v) is 1.65. The van der Waals surface area contributed by atoms with E-state index >= 15 is 0 Å². The summed E-state index contributed by atoms with van der Waals surface area (Å²) in [7, 11) is 0. The average Bonchev–Trinajstić information content (AvgIpc) is 2.30. The number of rotatable bonds is 4. The number of halogens is 2. The molecule has 0 bridgehead atoms. The standard InChI is InChI=1S/C12H16BrFN2O/c1-3-7(2)11(15)12(17)16-10-5-4-8(13)6-9(10)14/h4-7,11H,3,15H2,1-2H3,(H,16,17)/t7?,11-/m0/s1. The van der Waals surface area contributed by atoms with Crippen molar-refractivity contribution in [2.45, 2.75) is 26.3 Å². The number of nitrogens with two attached hydrogens (primary N) is 1. The zero-order chi connectivity index (χ0) is 13.0. The van der Waals surface area contributed by atoms with E-state index in [-0.39, 0.29) is 17.5 Å². The zero-order valence-electron chi connectivity index (χ0n) is 9.84. The minimum absolute atomic E-state index is 0.0634. The van der Waals surface area contributed by atoms with E-state index in [2.05, 4.69) is 21.2 Å². The van der Waals surface area contributed by atoms with Crippen LogP contribution in [-0.4, -0.2) is 11.9 Å². The quantitative estimate of drug-likeness (QED) is 0.898. The van der Waals surface area contributed by atoms with Gasteiger partial charge in [0.25, 0.3) is 0 Å². The summed E-state index contributed by atoms with van der Waals surface area (Å²) < 4.78 is 14.1. The number of benzene rings is 1. The number of hydrogen-bond acceptors (Lipinski definition) is 2. The molecule has 1 unspecified atom stereocenters. The van der Waals surface area contributed by atoms with Gasteiger partial charge in [0.05, 0.1) is 11.7 Å². The summed E-state index contributed by atoms with van der Waals surface area (Å²) in [6.45, 7) is 3.85. The third-order valence-electron chi connectivity index (χ3n) is 2.75. The summed E-state index contributed by atoms with van der Waals surface area (Å²) >= 11 is 3.15. The van der Waals surface area contributed by atoms with E-state index < -0.39 is 11.9 Å². The van der Waals surface area contributed by atoms with Crippen LogP contribution in [0.15, 0.2) is 22.7 Å². The highest BCUT2D eigenvalue weighted by Crippen LogP contribution is 2.20. The Bertz CT molecular complexity index is 411. The van der Waals surface area contributed by atoms with Crippen molar-refractivity contribution in [1.82, 2.24) is 0 Å². The SMILES string of the molecule is CCC(C)[C@H](N)C(=O)Nc1ccc(Br)cc1F. The fourth-order valence-electron chi connectivity index (χ4n) is 1.32. The number of nitrogens with one attached hydrogen (secondary N) is 1. The van der Waals surface area contributed by atoms with Gasteiger partial charge in [0.2, 0.25) is 5.91 Å². The Labute approximate surface area is 109 Å². The predicted octanol–water partition coefficient (Wildman–Crippen LogP) is 2.90. The van der Waals surface area contributed by atoms with Crippen LogP contribution in [0.3, 0.4) is 0 Å². The summed E-state index contributed by atoms with van der Waals surface area (Å²) in [4.78, 5) is 11.7. The lowest BCUT2D eigenvalue weighted by Crippen LogP contribution is -2.40. The van der Waals surface area contributed by atoms with Crippen molar-refractivity contribution < 1.29 is 9.18 Å². The van der Waals surface area contributed by atoms with Crippen LogP contribution < -0.4 is 11.1 Å². The third kappa shape index (κ3) is 3.78. The van der Waals surface area contributed by atoms with Crippen LogP contribution in [0.2, 0.25) is 0 Å². The molecule has 3 nitrogen and oxygen atoms in total. The lowest BCUT2D eigenvalue weighted by Gasteiger charge is -2.17. The second kappa shape index (κ2) is 6.12. The van der Waals surface area contributed by atoms with Gasteiger partial charge >= 0.3 is 0 Å². The van der Waals surface area contributed by atoms with E-state index in [1.165, 1.54) is 12.1 Å². The average molecular weight is 303 g/mol. The highest BCUT2D eigenvalue weighted by Gasteiger charge is 2.20. The van der Waals surface area contributed by atoms with Gasteiger partial charge in [0.15, 0.2) is 0 Å². The Morgan fingerprint density at radius 3 is 2.76 bits per heavy atom. The molecular formula is C12H16BrFN2O. The lowest BCUT2D eigenvalue weighted by atomic mass is 9.99. The van der Waals surface area contributed by atoms with Crippen molar-refractivity contribution in [2.75, 3.05) is 5.32 Å². The maximum atomic E-state index is 13.5. The fraction of sp³-hybridized carbons (Fsp3) is 0.417. The van der Waals surface area contributed by atoms with Gasteiger partial charge < -0.3 is 11.1 Å². The molecule has 2 atom stereocenters. The van der Waals surface area contributed by atoms with Crippen LogP contribution in [0.25, 0.3) is 0 Å².